The molecule has 0 aliphatic rings. The Morgan fingerprint density at radius 1 is 1.40 bits per heavy atom. The Hall–Kier alpha value is -1.16. The van der Waals surface area contributed by atoms with Crippen LogP contribution < -0.4 is 10.6 Å². The number of unbranched alkanes of at least 4 members (excludes halogenated alkanes) is 2. The van der Waals surface area contributed by atoms with E-state index in [-0.39, 0.29) is 5.82 Å². The molecule has 84 valence electrons. The first kappa shape index (κ1) is 11.9. The van der Waals surface area contributed by atoms with E-state index in [1.165, 1.54) is 6.07 Å². The molecule has 1 heterocycles. The van der Waals surface area contributed by atoms with E-state index in [9.17, 15) is 4.39 Å². The fourth-order valence-corrected chi connectivity index (χ4v) is 1.43. The Labute approximate surface area is 90.1 Å². The minimum absolute atomic E-state index is 0.265. The first-order chi connectivity index (χ1) is 7.25. The van der Waals surface area contributed by atoms with Crippen LogP contribution in [-0.2, 0) is 0 Å². The Bertz CT molecular complexity index is 291. The zero-order chi connectivity index (χ0) is 11.1. The van der Waals surface area contributed by atoms with Crippen LogP contribution in [0.1, 0.15) is 19.3 Å². The maximum Gasteiger partial charge on any atom is 0.165 e. The molecule has 0 saturated carbocycles. The van der Waals surface area contributed by atoms with E-state index in [1.54, 1.807) is 12.3 Å². The fraction of sp³-hybridized carbons (Fsp3) is 0.545. The Balaban J connectivity index is 2.40. The highest BCUT2D eigenvalue weighted by atomic mass is 19.1. The monoisotopic (exact) mass is 211 g/mol. The van der Waals surface area contributed by atoms with Gasteiger partial charge in [-0.05, 0) is 31.5 Å². The van der Waals surface area contributed by atoms with E-state index >= 15 is 0 Å². The number of anilines is 1. The maximum atomic E-state index is 13.3. The molecule has 3 nitrogen and oxygen atoms in total. The molecule has 0 amide bonds. The fourth-order valence-electron chi connectivity index (χ4n) is 1.43. The number of aromatic nitrogens is 1. The molecular weight excluding hydrogens is 193 g/mol. The summed E-state index contributed by atoms with van der Waals surface area (Å²) in [6.07, 6.45) is 4.73. The summed E-state index contributed by atoms with van der Waals surface area (Å²) in [5.41, 5.74) is 5.39. The maximum absolute atomic E-state index is 13.3. The number of pyridine rings is 1. The van der Waals surface area contributed by atoms with Crippen molar-refractivity contribution in [1.82, 2.24) is 4.98 Å². The quantitative estimate of drug-likeness (QED) is 0.729. The summed E-state index contributed by atoms with van der Waals surface area (Å²) >= 11 is 0. The van der Waals surface area contributed by atoms with Gasteiger partial charge in [0.25, 0.3) is 0 Å². The van der Waals surface area contributed by atoms with E-state index in [2.05, 4.69) is 4.98 Å². The van der Waals surface area contributed by atoms with E-state index < -0.39 is 0 Å². The molecule has 0 aliphatic carbocycles. The number of nitrogens with zero attached hydrogens (tertiary/aromatic N) is 2. The summed E-state index contributed by atoms with van der Waals surface area (Å²) in [6.45, 7) is 1.54. The van der Waals surface area contributed by atoms with Gasteiger partial charge in [0.15, 0.2) is 11.6 Å². The molecule has 0 bridgehead atoms. The van der Waals surface area contributed by atoms with Gasteiger partial charge in [0.05, 0.1) is 0 Å². The highest BCUT2D eigenvalue weighted by Crippen LogP contribution is 2.13. The zero-order valence-corrected chi connectivity index (χ0v) is 9.12. The molecule has 0 atom stereocenters. The van der Waals surface area contributed by atoms with Gasteiger partial charge in [-0.2, -0.15) is 0 Å². The predicted molar refractivity (Wildman–Crippen MR) is 60.4 cm³/mol. The van der Waals surface area contributed by atoms with Crippen LogP contribution in [0.15, 0.2) is 18.3 Å². The third-order valence-electron chi connectivity index (χ3n) is 2.30. The first-order valence-corrected chi connectivity index (χ1v) is 5.27. The SMILES string of the molecule is CN(CCCCCN)c1ncccc1F. The minimum atomic E-state index is -0.265. The summed E-state index contributed by atoms with van der Waals surface area (Å²) < 4.78 is 13.3. The van der Waals surface area contributed by atoms with Crippen molar-refractivity contribution in [3.8, 4) is 0 Å². The molecule has 4 heteroatoms. The number of halogens is 1. The second-order valence-corrected chi connectivity index (χ2v) is 3.58. The summed E-state index contributed by atoms with van der Waals surface area (Å²) in [5, 5.41) is 0. The van der Waals surface area contributed by atoms with Gasteiger partial charge in [-0.25, -0.2) is 9.37 Å². The van der Waals surface area contributed by atoms with Crippen LogP contribution in [0.5, 0.6) is 0 Å². The van der Waals surface area contributed by atoms with Crippen LogP contribution in [-0.4, -0.2) is 25.1 Å². The van der Waals surface area contributed by atoms with Crippen LogP contribution >= 0.6 is 0 Å². The molecule has 0 unspecified atom stereocenters. The molecule has 0 spiro atoms. The number of hydrogen-bond acceptors (Lipinski definition) is 3. The van der Waals surface area contributed by atoms with Crippen molar-refractivity contribution in [2.24, 2.45) is 5.73 Å². The van der Waals surface area contributed by atoms with Crippen LogP contribution in [0.2, 0.25) is 0 Å². The molecular formula is C11H18FN3. The molecule has 2 N–H and O–H groups in total. The lowest BCUT2D eigenvalue weighted by molar-refractivity contribution is 0.607. The Kier molecular flexibility index (Phi) is 5.04. The van der Waals surface area contributed by atoms with Crippen molar-refractivity contribution in [2.75, 3.05) is 25.0 Å². The van der Waals surface area contributed by atoms with E-state index in [4.69, 9.17) is 5.73 Å². The van der Waals surface area contributed by atoms with E-state index in [0.29, 0.717) is 5.82 Å². The number of hydrogen-bond donors (Lipinski definition) is 1. The van der Waals surface area contributed by atoms with Crippen LogP contribution in [0.3, 0.4) is 0 Å². The third-order valence-corrected chi connectivity index (χ3v) is 2.30. The molecule has 0 saturated heterocycles. The van der Waals surface area contributed by atoms with Crippen molar-refractivity contribution in [1.29, 1.82) is 0 Å². The van der Waals surface area contributed by atoms with Crippen LogP contribution in [0.4, 0.5) is 10.2 Å². The minimum Gasteiger partial charge on any atom is -0.357 e. The average molecular weight is 211 g/mol. The second-order valence-electron chi connectivity index (χ2n) is 3.58. The topological polar surface area (TPSA) is 42.1 Å². The van der Waals surface area contributed by atoms with Gasteiger partial charge >= 0.3 is 0 Å². The van der Waals surface area contributed by atoms with Gasteiger partial charge in [0.2, 0.25) is 0 Å². The molecule has 0 aliphatic heterocycles. The summed E-state index contributed by atoms with van der Waals surface area (Å²) in [4.78, 5) is 5.84. The molecule has 1 rings (SSSR count). The lowest BCUT2D eigenvalue weighted by Gasteiger charge is -2.18. The second kappa shape index (κ2) is 6.35. The van der Waals surface area contributed by atoms with Gasteiger partial charge in [-0.15, -0.1) is 0 Å². The van der Waals surface area contributed by atoms with Crippen LogP contribution in [0, 0.1) is 5.82 Å². The van der Waals surface area contributed by atoms with Crippen molar-refractivity contribution < 1.29 is 4.39 Å². The Morgan fingerprint density at radius 2 is 2.20 bits per heavy atom. The molecule has 0 fully saturated rings. The predicted octanol–water partition coefficient (Wildman–Crippen LogP) is 1.79. The van der Waals surface area contributed by atoms with Gasteiger partial charge < -0.3 is 10.6 Å². The first-order valence-electron chi connectivity index (χ1n) is 5.27. The number of rotatable bonds is 6. The van der Waals surface area contributed by atoms with Gasteiger partial charge in [0, 0.05) is 19.8 Å². The molecule has 1 aromatic rings. The van der Waals surface area contributed by atoms with Crippen molar-refractivity contribution in [3.63, 3.8) is 0 Å². The molecule has 15 heavy (non-hydrogen) atoms. The van der Waals surface area contributed by atoms with Crippen molar-refractivity contribution in [2.45, 2.75) is 19.3 Å². The van der Waals surface area contributed by atoms with Gasteiger partial charge in [0.1, 0.15) is 0 Å². The normalized spacial score (nSPS) is 10.3. The van der Waals surface area contributed by atoms with Crippen molar-refractivity contribution >= 4 is 5.82 Å². The van der Waals surface area contributed by atoms with Crippen molar-refractivity contribution in [3.05, 3.63) is 24.1 Å². The smallest absolute Gasteiger partial charge is 0.165 e. The van der Waals surface area contributed by atoms with Gasteiger partial charge in [-0.1, -0.05) is 6.42 Å². The summed E-state index contributed by atoms with van der Waals surface area (Å²) in [7, 11) is 1.86. The zero-order valence-electron chi connectivity index (χ0n) is 9.12. The Morgan fingerprint density at radius 3 is 2.87 bits per heavy atom. The molecule has 1 aromatic heterocycles. The molecule has 0 radical (unpaired) electrons. The lowest BCUT2D eigenvalue weighted by Crippen LogP contribution is -2.21. The highest BCUT2D eigenvalue weighted by Gasteiger charge is 2.06. The summed E-state index contributed by atoms with van der Waals surface area (Å²) in [5.74, 6) is 0.157. The third kappa shape index (κ3) is 3.83. The highest BCUT2D eigenvalue weighted by molar-refractivity contribution is 5.38. The molecule has 0 aromatic carbocycles. The van der Waals surface area contributed by atoms with E-state index in [0.717, 1.165) is 32.4 Å². The summed E-state index contributed by atoms with van der Waals surface area (Å²) in [6, 6.07) is 3.03. The van der Waals surface area contributed by atoms with E-state index in [1.807, 2.05) is 11.9 Å². The average Bonchev–Trinajstić information content (AvgIpc) is 2.25. The van der Waals surface area contributed by atoms with Crippen LogP contribution in [0.25, 0.3) is 0 Å². The van der Waals surface area contributed by atoms with Gasteiger partial charge in [-0.3, -0.25) is 0 Å². The largest absolute Gasteiger partial charge is 0.357 e. The number of nitrogens with two attached hydrogens (primary N) is 1. The standard InChI is InChI=1S/C11H18FN3/c1-15(9-4-2-3-7-13)11-10(12)6-5-8-14-11/h5-6,8H,2-4,7,9,13H2,1H3. The lowest BCUT2D eigenvalue weighted by atomic mass is 10.2.